The molecule has 0 aliphatic heterocycles. The first-order valence-electron chi connectivity index (χ1n) is 4.45. The van der Waals surface area contributed by atoms with Crippen molar-refractivity contribution in [3.05, 3.63) is 4.60 Å². The van der Waals surface area contributed by atoms with Crippen LogP contribution in [-0.4, -0.2) is 51.9 Å². The zero-order chi connectivity index (χ0) is 13.4. The summed E-state index contributed by atoms with van der Waals surface area (Å²) in [7, 11) is -1.36. The Morgan fingerprint density at radius 1 is 1.59 bits per heavy atom. The van der Waals surface area contributed by atoms with E-state index in [2.05, 4.69) is 26.2 Å². The number of rotatable bonds is 4. The molecule has 1 heterocycles. The first kappa shape index (κ1) is 14.1. The fourth-order valence-electron chi connectivity index (χ4n) is 1.10. The van der Waals surface area contributed by atoms with Gasteiger partial charge in [-0.1, -0.05) is 5.21 Å². The Labute approximate surface area is 106 Å². The van der Waals surface area contributed by atoms with Gasteiger partial charge in [-0.3, -0.25) is 4.79 Å². The highest BCUT2D eigenvalue weighted by Gasteiger charge is 2.34. The Morgan fingerprint density at radius 3 is 2.47 bits per heavy atom. The molecule has 1 N–H and O–H groups in total. The number of likely N-dealkylation sites (N-methyl/N-ethyl adjacent to an activating group) is 1. The van der Waals surface area contributed by atoms with E-state index in [0.29, 0.717) is 0 Å². The minimum atomic E-state index is -3.96. The van der Waals surface area contributed by atoms with Crippen molar-refractivity contribution in [2.24, 2.45) is 7.05 Å². The molecule has 1 atom stereocenters. The molecule has 1 unspecified atom stereocenters. The zero-order valence-corrected chi connectivity index (χ0v) is 11.7. The fraction of sp³-hybridized carbons (Fsp3) is 0.571. The fourth-order valence-corrected chi connectivity index (χ4v) is 3.44. The lowest BCUT2D eigenvalue weighted by molar-refractivity contribution is -0.140. The molecule has 8 nitrogen and oxygen atoms in total. The summed E-state index contributed by atoms with van der Waals surface area (Å²) in [6.07, 6.45) is 0. The lowest BCUT2D eigenvalue weighted by Gasteiger charge is -2.20. The van der Waals surface area contributed by atoms with E-state index in [9.17, 15) is 13.2 Å². The number of aromatic nitrogens is 3. The van der Waals surface area contributed by atoms with Crippen molar-refractivity contribution in [3.8, 4) is 0 Å². The summed E-state index contributed by atoms with van der Waals surface area (Å²) in [5.74, 6) is -1.23. The molecule has 0 bridgehead atoms. The summed E-state index contributed by atoms with van der Waals surface area (Å²) in [6.45, 7) is 1.28. The standard InChI is InChI=1S/C7H11BrN4O4S/c1-4(7(13)14)12(3)17(15,16)6-5(8)9-10-11(6)2/h4H,1-3H3,(H,13,14). The quantitative estimate of drug-likeness (QED) is 0.812. The van der Waals surface area contributed by atoms with E-state index in [1.165, 1.54) is 21.0 Å². The summed E-state index contributed by atoms with van der Waals surface area (Å²) in [6, 6.07) is -1.18. The van der Waals surface area contributed by atoms with Crippen molar-refractivity contribution in [1.82, 2.24) is 19.3 Å². The third-order valence-corrected chi connectivity index (χ3v) is 5.08. The average molecular weight is 327 g/mol. The maximum atomic E-state index is 12.1. The van der Waals surface area contributed by atoms with Crippen molar-refractivity contribution in [1.29, 1.82) is 0 Å². The highest BCUT2D eigenvalue weighted by atomic mass is 79.9. The smallest absolute Gasteiger partial charge is 0.321 e. The Bertz CT molecular complexity index is 521. The molecule has 96 valence electrons. The molecule has 10 heteroatoms. The second-order valence-electron chi connectivity index (χ2n) is 3.34. The van der Waals surface area contributed by atoms with Crippen molar-refractivity contribution in [2.45, 2.75) is 18.0 Å². The van der Waals surface area contributed by atoms with Gasteiger partial charge >= 0.3 is 5.97 Å². The van der Waals surface area contributed by atoms with E-state index in [1.807, 2.05) is 0 Å². The van der Waals surface area contributed by atoms with Crippen LogP contribution in [0.15, 0.2) is 9.63 Å². The van der Waals surface area contributed by atoms with Gasteiger partial charge in [-0.2, -0.15) is 4.31 Å². The third kappa shape index (κ3) is 2.48. The molecule has 0 spiro atoms. The summed E-state index contributed by atoms with van der Waals surface area (Å²) >= 11 is 2.96. The van der Waals surface area contributed by atoms with E-state index < -0.39 is 22.0 Å². The highest BCUT2D eigenvalue weighted by Crippen LogP contribution is 2.22. The first-order chi connectivity index (χ1) is 7.69. The molecular formula is C7H11BrN4O4S. The van der Waals surface area contributed by atoms with E-state index in [4.69, 9.17) is 5.11 Å². The van der Waals surface area contributed by atoms with Crippen LogP contribution >= 0.6 is 15.9 Å². The minimum Gasteiger partial charge on any atom is -0.480 e. The monoisotopic (exact) mass is 326 g/mol. The molecule has 0 aliphatic rings. The van der Waals surface area contributed by atoms with Crippen LogP contribution in [0.4, 0.5) is 0 Å². The minimum absolute atomic E-state index is 0.0458. The normalized spacial score (nSPS) is 13.9. The molecule has 0 radical (unpaired) electrons. The van der Waals surface area contributed by atoms with Crippen LogP contribution in [0, 0.1) is 0 Å². The van der Waals surface area contributed by atoms with Gasteiger partial charge in [-0.15, -0.1) is 5.10 Å². The number of carboxylic acid groups (broad SMARTS) is 1. The van der Waals surface area contributed by atoms with Gasteiger partial charge in [0.2, 0.25) is 5.03 Å². The molecule has 1 rings (SSSR count). The lowest BCUT2D eigenvalue weighted by atomic mass is 10.4. The molecule has 0 aromatic carbocycles. The van der Waals surface area contributed by atoms with Crippen LogP contribution in [0.2, 0.25) is 0 Å². The molecule has 1 aromatic heterocycles. The van der Waals surface area contributed by atoms with E-state index in [0.717, 1.165) is 8.99 Å². The Morgan fingerprint density at radius 2 is 2.12 bits per heavy atom. The Balaban J connectivity index is 3.26. The number of hydrogen-bond acceptors (Lipinski definition) is 5. The first-order valence-corrected chi connectivity index (χ1v) is 6.69. The van der Waals surface area contributed by atoms with Crippen molar-refractivity contribution in [3.63, 3.8) is 0 Å². The molecule has 17 heavy (non-hydrogen) atoms. The van der Waals surface area contributed by atoms with Crippen molar-refractivity contribution in [2.75, 3.05) is 7.05 Å². The second-order valence-corrected chi connectivity index (χ2v) is 6.01. The summed E-state index contributed by atoms with van der Waals surface area (Å²) in [4.78, 5) is 10.8. The van der Waals surface area contributed by atoms with Gasteiger partial charge in [0.15, 0.2) is 4.60 Å². The molecule has 0 fully saturated rings. The van der Waals surface area contributed by atoms with E-state index >= 15 is 0 Å². The number of aliphatic carboxylic acids is 1. The van der Waals surface area contributed by atoms with E-state index in [1.54, 1.807) is 0 Å². The maximum absolute atomic E-state index is 12.1. The highest BCUT2D eigenvalue weighted by molar-refractivity contribution is 9.10. The summed E-state index contributed by atoms with van der Waals surface area (Å²) in [5.41, 5.74) is 0. The molecule has 1 aromatic rings. The van der Waals surface area contributed by atoms with Gasteiger partial charge in [0.1, 0.15) is 6.04 Å². The maximum Gasteiger partial charge on any atom is 0.321 e. The summed E-state index contributed by atoms with van der Waals surface area (Å²) < 4.78 is 26.1. The van der Waals surface area contributed by atoms with Gasteiger partial charge in [0.05, 0.1) is 0 Å². The molecule has 0 saturated heterocycles. The second kappa shape index (κ2) is 4.70. The van der Waals surface area contributed by atoms with Crippen LogP contribution in [0.25, 0.3) is 0 Å². The van der Waals surface area contributed by atoms with Gasteiger partial charge < -0.3 is 5.11 Å². The number of halogens is 1. The largest absolute Gasteiger partial charge is 0.480 e. The van der Waals surface area contributed by atoms with Gasteiger partial charge in [0, 0.05) is 14.1 Å². The molecule has 0 amide bonds. The van der Waals surface area contributed by atoms with Gasteiger partial charge in [-0.05, 0) is 22.9 Å². The van der Waals surface area contributed by atoms with Crippen LogP contribution < -0.4 is 0 Å². The van der Waals surface area contributed by atoms with Crippen molar-refractivity contribution >= 4 is 31.9 Å². The number of carboxylic acids is 1. The predicted octanol–water partition coefficient (Wildman–Crippen LogP) is -0.329. The zero-order valence-electron chi connectivity index (χ0n) is 9.32. The predicted molar refractivity (Wildman–Crippen MR) is 60.7 cm³/mol. The number of carbonyl (C=O) groups is 1. The Kier molecular flexibility index (Phi) is 3.89. The number of nitrogens with zero attached hydrogens (tertiary/aromatic N) is 4. The molecular weight excluding hydrogens is 316 g/mol. The van der Waals surface area contributed by atoms with Crippen LogP contribution in [-0.2, 0) is 21.9 Å². The SMILES string of the molecule is CC(C(=O)O)N(C)S(=O)(=O)c1c(Br)nnn1C. The Hall–Kier alpha value is -1.00. The molecule has 0 saturated carbocycles. The average Bonchev–Trinajstić information content (AvgIpc) is 2.56. The van der Waals surface area contributed by atoms with Gasteiger partial charge in [0.25, 0.3) is 10.0 Å². The number of aryl methyl sites for hydroxylation is 1. The van der Waals surface area contributed by atoms with E-state index in [-0.39, 0.29) is 9.63 Å². The van der Waals surface area contributed by atoms with Crippen LogP contribution in [0.5, 0.6) is 0 Å². The summed E-state index contributed by atoms with van der Waals surface area (Å²) in [5, 5.41) is 15.7. The number of hydrogen-bond donors (Lipinski definition) is 1. The van der Waals surface area contributed by atoms with Crippen molar-refractivity contribution < 1.29 is 18.3 Å². The van der Waals surface area contributed by atoms with Gasteiger partial charge in [-0.25, -0.2) is 13.1 Å². The van der Waals surface area contributed by atoms with Crippen LogP contribution in [0.3, 0.4) is 0 Å². The third-order valence-electron chi connectivity index (χ3n) is 2.26. The topological polar surface area (TPSA) is 105 Å². The lowest BCUT2D eigenvalue weighted by Crippen LogP contribution is -2.40. The number of sulfonamides is 1. The molecule has 0 aliphatic carbocycles. The van der Waals surface area contributed by atoms with Crippen LogP contribution in [0.1, 0.15) is 6.92 Å².